The molecule has 0 fully saturated rings. The van der Waals surface area contributed by atoms with Crippen LogP contribution in [-0.4, -0.2) is 7.11 Å². The molecule has 12 heavy (non-hydrogen) atoms. The van der Waals surface area contributed by atoms with Crippen LogP contribution in [0.2, 0.25) is 0 Å². The fourth-order valence-corrected chi connectivity index (χ4v) is 1.18. The van der Waals surface area contributed by atoms with Crippen molar-refractivity contribution >= 4 is 16.6 Å². The highest BCUT2D eigenvalue weighted by Gasteiger charge is 2.03. The highest BCUT2D eigenvalue weighted by molar-refractivity contribution is 6.48. The third-order valence-electron chi connectivity index (χ3n) is 1.65. The van der Waals surface area contributed by atoms with Gasteiger partial charge in [-0.15, -0.1) is 0 Å². The topological polar surface area (TPSA) is 9.23 Å². The maximum Gasteiger partial charge on any atom is 0.127 e. The molecule has 0 unspecified atom stereocenters. The predicted molar refractivity (Wildman–Crippen MR) is 52.6 cm³/mol. The molecule has 0 amide bonds. The highest BCUT2D eigenvalue weighted by Crippen LogP contribution is 2.27. The Kier molecular flexibility index (Phi) is 2.77. The maximum atomic E-state index is 5.78. The van der Waals surface area contributed by atoms with Crippen molar-refractivity contribution in [1.29, 1.82) is 0 Å². The average molecular weight is 183 g/mol. The van der Waals surface area contributed by atoms with E-state index >= 15 is 0 Å². The molecule has 0 aliphatic rings. The Hall–Kier alpha value is -0.950. The zero-order valence-electron chi connectivity index (χ0n) is 7.23. The summed E-state index contributed by atoms with van der Waals surface area (Å²) in [7, 11) is 1.62. The van der Waals surface area contributed by atoms with E-state index in [2.05, 4.69) is 6.58 Å². The first-order valence-electron chi connectivity index (χ1n) is 3.64. The van der Waals surface area contributed by atoms with Gasteiger partial charge >= 0.3 is 0 Å². The highest BCUT2D eigenvalue weighted by atomic mass is 35.5. The summed E-state index contributed by atoms with van der Waals surface area (Å²) in [6, 6.07) is 5.81. The van der Waals surface area contributed by atoms with Crippen molar-refractivity contribution in [3.05, 3.63) is 35.9 Å². The van der Waals surface area contributed by atoms with E-state index in [1.165, 1.54) is 0 Å². The van der Waals surface area contributed by atoms with Gasteiger partial charge in [0.25, 0.3) is 0 Å². The van der Waals surface area contributed by atoms with Gasteiger partial charge in [0.15, 0.2) is 0 Å². The normalized spacial score (nSPS) is 9.58. The summed E-state index contributed by atoms with van der Waals surface area (Å²) < 4.78 is 5.12. The van der Waals surface area contributed by atoms with E-state index in [-0.39, 0.29) is 0 Å². The third kappa shape index (κ3) is 1.80. The monoisotopic (exact) mass is 182 g/mol. The Morgan fingerprint density at radius 3 is 2.67 bits per heavy atom. The van der Waals surface area contributed by atoms with E-state index in [1.54, 1.807) is 7.11 Å². The lowest BCUT2D eigenvalue weighted by molar-refractivity contribution is 0.413. The zero-order valence-corrected chi connectivity index (χ0v) is 7.98. The van der Waals surface area contributed by atoms with Gasteiger partial charge in [-0.05, 0) is 19.1 Å². The van der Waals surface area contributed by atoms with Gasteiger partial charge in [-0.25, -0.2) is 0 Å². The van der Waals surface area contributed by atoms with Crippen molar-refractivity contribution < 1.29 is 4.74 Å². The van der Waals surface area contributed by atoms with Crippen LogP contribution in [0.5, 0.6) is 5.75 Å². The van der Waals surface area contributed by atoms with Crippen molar-refractivity contribution in [1.82, 2.24) is 0 Å². The standard InChI is InChI=1S/C10H11ClO/c1-7-4-5-10(12-3)9(6-7)8(2)11/h4-6H,2H2,1,3H3. The zero-order chi connectivity index (χ0) is 9.14. The van der Waals surface area contributed by atoms with Crippen molar-refractivity contribution in [2.75, 3.05) is 7.11 Å². The lowest BCUT2D eigenvalue weighted by atomic mass is 10.1. The van der Waals surface area contributed by atoms with Crippen LogP contribution in [0.4, 0.5) is 0 Å². The Balaban J connectivity index is 3.21. The minimum absolute atomic E-state index is 0.510. The van der Waals surface area contributed by atoms with Crippen molar-refractivity contribution in [3.8, 4) is 5.75 Å². The van der Waals surface area contributed by atoms with Gasteiger partial charge in [0.05, 0.1) is 7.11 Å². The minimum Gasteiger partial charge on any atom is -0.496 e. The van der Waals surface area contributed by atoms with E-state index in [1.807, 2.05) is 25.1 Å². The molecule has 0 aliphatic heterocycles. The number of rotatable bonds is 2. The molecular formula is C10H11ClO. The summed E-state index contributed by atoms with van der Waals surface area (Å²) in [6.07, 6.45) is 0. The lowest BCUT2D eigenvalue weighted by Gasteiger charge is -2.07. The molecule has 1 aromatic carbocycles. The first kappa shape index (κ1) is 9.14. The SMILES string of the molecule is C=C(Cl)c1cc(C)ccc1OC. The van der Waals surface area contributed by atoms with E-state index in [9.17, 15) is 0 Å². The molecule has 64 valence electrons. The van der Waals surface area contributed by atoms with Crippen LogP contribution in [0, 0.1) is 6.92 Å². The Bertz CT molecular complexity index is 305. The van der Waals surface area contributed by atoms with Gasteiger partial charge in [-0.3, -0.25) is 0 Å². The van der Waals surface area contributed by atoms with Crippen LogP contribution in [-0.2, 0) is 0 Å². The Morgan fingerprint density at radius 2 is 2.17 bits per heavy atom. The summed E-state index contributed by atoms with van der Waals surface area (Å²) in [5, 5.41) is 0.510. The number of methoxy groups -OCH3 is 1. The van der Waals surface area contributed by atoms with Crippen LogP contribution in [0.25, 0.3) is 5.03 Å². The second-order valence-electron chi connectivity index (χ2n) is 2.61. The Labute approximate surface area is 77.6 Å². The molecular weight excluding hydrogens is 172 g/mol. The van der Waals surface area contributed by atoms with E-state index < -0.39 is 0 Å². The van der Waals surface area contributed by atoms with Crippen LogP contribution in [0.3, 0.4) is 0 Å². The van der Waals surface area contributed by atoms with Crippen LogP contribution >= 0.6 is 11.6 Å². The molecule has 0 bridgehead atoms. The molecule has 1 rings (SSSR count). The molecule has 0 aromatic heterocycles. The predicted octanol–water partition coefficient (Wildman–Crippen LogP) is 3.21. The number of benzene rings is 1. The number of ether oxygens (including phenoxy) is 1. The lowest BCUT2D eigenvalue weighted by Crippen LogP contribution is -1.88. The second kappa shape index (κ2) is 3.63. The molecule has 1 aromatic rings. The summed E-state index contributed by atoms with van der Waals surface area (Å²) in [6.45, 7) is 5.66. The first-order chi connectivity index (χ1) is 5.65. The quantitative estimate of drug-likeness (QED) is 0.683. The van der Waals surface area contributed by atoms with Gasteiger partial charge in [-0.1, -0.05) is 29.8 Å². The van der Waals surface area contributed by atoms with Crippen LogP contribution < -0.4 is 4.74 Å². The average Bonchev–Trinajstić information content (AvgIpc) is 2.04. The summed E-state index contributed by atoms with van der Waals surface area (Å²) in [5.41, 5.74) is 2.01. The molecule has 0 saturated carbocycles. The molecule has 0 aliphatic carbocycles. The van der Waals surface area contributed by atoms with Crippen molar-refractivity contribution in [2.45, 2.75) is 6.92 Å². The maximum absolute atomic E-state index is 5.78. The number of hydrogen-bond donors (Lipinski definition) is 0. The molecule has 2 heteroatoms. The van der Waals surface area contributed by atoms with Gasteiger partial charge in [0.2, 0.25) is 0 Å². The van der Waals surface area contributed by atoms with Crippen LogP contribution in [0.15, 0.2) is 24.8 Å². The molecule has 0 radical (unpaired) electrons. The number of aryl methyl sites for hydroxylation is 1. The van der Waals surface area contributed by atoms with E-state index in [4.69, 9.17) is 16.3 Å². The summed E-state index contributed by atoms with van der Waals surface area (Å²) in [4.78, 5) is 0. The van der Waals surface area contributed by atoms with Gasteiger partial charge in [0, 0.05) is 10.6 Å². The number of halogens is 1. The minimum atomic E-state index is 0.510. The first-order valence-corrected chi connectivity index (χ1v) is 4.02. The Morgan fingerprint density at radius 1 is 1.50 bits per heavy atom. The van der Waals surface area contributed by atoms with Crippen molar-refractivity contribution in [3.63, 3.8) is 0 Å². The molecule has 0 saturated heterocycles. The fourth-order valence-electron chi connectivity index (χ4n) is 1.03. The summed E-state index contributed by atoms with van der Waals surface area (Å²) in [5.74, 6) is 0.764. The third-order valence-corrected chi connectivity index (χ3v) is 1.85. The molecule has 0 spiro atoms. The fraction of sp³-hybridized carbons (Fsp3) is 0.200. The second-order valence-corrected chi connectivity index (χ2v) is 3.06. The smallest absolute Gasteiger partial charge is 0.127 e. The largest absolute Gasteiger partial charge is 0.496 e. The van der Waals surface area contributed by atoms with Gasteiger partial charge in [0.1, 0.15) is 5.75 Å². The number of hydrogen-bond acceptors (Lipinski definition) is 1. The van der Waals surface area contributed by atoms with E-state index in [0.717, 1.165) is 16.9 Å². The molecule has 1 nitrogen and oxygen atoms in total. The van der Waals surface area contributed by atoms with Crippen molar-refractivity contribution in [2.24, 2.45) is 0 Å². The van der Waals surface area contributed by atoms with Crippen LogP contribution in [0.1, 0.15) is 11.1 Å². The molecule has 0 atom stereocenters. The molecule has 0 heterocycles. The van der Waals surface area contributed by atoms with E-state index in [0.29, 0.717) is 5.03 Å². The van der Waals surface area contributed by atoms with Gasteiger partial charge < -0.3 is 4.74 Å². The van der Waals surface area contributed by atoms with Gasteiger partial charge in [-0.2, -0.15) is 0 Å². The summed E-state index contributed by atoms with van der Waals surface area (Å²) >= 11 is 5.78. The molecule has 0 N–H and O–H groups in total.